The van der Waals surface area contributed by atoms with E-state index in [0.29, 0.717) is 0 Å². The number of nitrogens with zero attached hydrogens (tertiary/aromatic N) is 1. The van der Waals surface area contributed by atoms with Gasteiger partial charge in [0.25, 0.3) is 11.2 Å². The van der Waals surface area contributed by atoms with Crippen molar-refractivity contribution in [3.05, 3.63) is 0 Å². The highest BCUT2D eigenvalue weighted by Gasteiger charge is 2.73. The van der Waals surface area contributed by atoms with Gasteiger partial charge in [-0.05, 0) is 0 Å². The number of oxime groups is 1. The number of rotatable bonds is 4. The van der Waals surface area contributed by atoms with E-state index in [-0.39, 0.29) is 0 Å². The molecular weight excluding hydrogens is 398 g/mol. The molecule has 0 saturated heterocycles. The van der Waals surface area contributed by atoms with Crippen LogP contribution in [0.1, 0.15) is 12.8 Å². The Hall–Kier alpha value is -1.45. The van der Waals surface area contributed by atoms with Crippen LogP contribution in [0.25, 0.3) is 0 Å². The maximum Gasteiger partial charge on any atom is 0.426 e. The standard InChI is InChI=1S/C9H7F12NO3/c10-6(11,12)4(23,7(13,14)15)1-3(22-25)2-5(24,8(16,17)18)9(19,20)21/h23-25H,1-2H2. The van der Waals surface area contributed by atoms with Crippen LogP contribution in [0.2, 0.25) is 0 Å². The Morgan fingerprint density at radius 2 is 0.760 bits per heavy atom. The molecule has 16 heteroatoms. The van der Waals surface area contributed by atoms with Gasteiger partial charge in [-0.2, -0.15) is 52.7 Å². The molecule has 0 spiro atoms. The molecule has 150 valence electrons. The van der Waals surface area contributed by atoms with Crippen molar-refractivity contribution in [2.45, 2.75) is 48.7 Å². The van der Waals surface area contributed by atoms with Gasteiger partial charge in [0.05, 0.1) is 5.71 Å². The highest BCUT2D eigenvalue weighted by atomic mass is 19.4. The van der Waals surface area contributed by atoms with E-state index in [4.69, 9.17) is 15.4 Å². The fraction of sp³-hybridized carbons (Fsp3) is 0.889. The molecule has 0 fully saturated rings. The summed E-state index contributed by atoms with van der Waals surface area (Å²) in [5, 5.41) is 27.1. The third-order valence-electron chi connectivity index (χ3n) is 2.94. The van der Waals surface area contributed by atoms with Crippen LogP contribution >= 0.6 is 0 Å². The summed E-state index contributed by atoms with van der Waals surface area (Å²) >= 11 is 0. The smallest absolute Gasteiger partial charge is 0.411 e. The van der Waals surface area contributed by atoms with Gasteiger partial charge in [0.2, 0.25) is 0 Å². The number of halogens is 12. The van der Waals surface area contributed by atoms with Crippen molar-refractivity contribution < 1.29 is 68.1 Å². The number of hydrogen-bond acceptors (Lipinski definition) is 4. The Bertz CT molecular complexity index is 430. The fourth-order valence-corrected chi connectivity index (χ4v) is 1.45. The number of aliphatic hydroxyl groups is 2. The zero-order valence-corrected chi connectivity index (χ0v) is 11.2. The third-order valence-corrected chi connectivity index (χ3v) is 2.94. The molecule has 0 aromatic heterocycles. The average Bonchev–Trinajstić information content (AvgIpc) is 2.31. The first kappa shape index (κ1) is 23.5. The zero-order chi connectivity index (χ0) is 20.7. The first-order valence-electron chi connectivity index (χ1n) is 5.55. The average molecular weight is 405 g/mol. The summed E-state index contributed by atoms with van der Waals surface area (Å²) in [5.74, 6) is 0. The van der Waals surface area contributed by atoms with Gasteiger partial charge in [-0.3, -0.25) is 0 Å². The molecule has 0 saturated carbocycles. The summed E-state index contributed by atoms with van der Waals surface area (Å²) in [7, 11) is 0. The number of hydrogen-bond donors (Lipinski definition) is 3. The van der Waals surface area contributed by atoms with Crippen LogP contribution in [-0.2, 0) is 0 Å². The van der Waals surface area contributed by atoms with Crippen molar-refractivity contribution in [1.82, 2.24) is 0 Å². The normalized spacial score (nSPS) is 15.3. The van der Waals surface area contributed by atoms with Crippen molar-refractivity contribution in [3.8, 4) is 0 Å². The predicted octanol–water partition coefficient (Wildman–Crippen LogP) is 3.31. The molecule has 0 atom stereocenters. The molecule has 0 aromatic carbocycles. The molecule has 3 N–H and O–H groups in total. The van der Waals surface area contributed by atoms with E-state index in [9.17, 15) is 52.7 Å². The first-order valence-corrected chi connectivity index (χ1v) is 5.55. The molecule has 0 aliphatic carbocycles. The lowest BCUT2D eigenvalue weighted by Crippen LogP contribution is -2.61. The second kappa shape index (κ2) is 6.37. The van der Waals surface area contributed by atoms with Crippen LogP contribution in [0, 0.1) is 0 Å². The minimum Gasteiger partial charge on any atom is -0.411 e. The summed E-state index contributed by atoms with van der Waals surface area (Å²) in [5.41, 5.74) is -14.1. The minimum atomic E-state index is -6.60. The third kappa shape index (κ3) is 4.39. The first-order chi connectivity index (χ1) is 10.6. The highest BCUT2D eigenvalue weighted by molar-refractivity contribution is 5.86. The molecule has 0 rings (SSSR count). The van der Waals surface area contributed by atoms with Crippen molar-refractivity contribution in [2.75, 3.05) is 0 Å². The van der Waals surface area contributed by atoms with E-state index < -0.39 is 54.5 Å². The van der Waals surface area contributed by atoms with E-state index >= 15 is 0 Å². The Morgan fingerprint density at radius 3 is 0.880 bits per heavy atom. The molecular formula is C9H7F12NO3. The Balaban J connectivity index is 6.00. The molecule has 0 aliphatic rings. The van der Waals surface area contributed by atoms with Crippen LogP contribution in [0.15, 0.2) is 5.16 Å². The summed E-state index contributed by atoms with van der Waals surface area (Å²) in [6, 6.07) is 0. The molecule has 0 amide bonds. The lowest BCUT2D eigenvalue weighted by atomic mass is 9.87. The molecule has 25 heavy (non-hydrogen) atoms. The molecule has 0 radical (unpaired) electrons. The molecule has 4 nitrogen and oxygen atoms in total. The summed E-state index contributed by atoms with van der Waals surface area (Å²) in [6.07, 6.45) is -32.5. The monoisotopic (exact) mass is 405 g/mol. The quantitative estimate of drug-likeness (QED) is 0.291. The maximum absolute atomic E-state index is 12.4. The van der Waals surface area contributed by atoms with Crippen LogP contribution in [0.5, 0.6) is 0 Å². The van der Waals surface area contributed by atoms with Gasteiger partial charge < -0.3 is 15.4 Å². The van der Waals surface area contributed by atoms with Crippen molar-refractivity contribution in [2.24, 2.45) is 5.16 Å². The predicted molar refractivity (Wildman–Crippen MR) is 52.6 cm³/mol. The Labute approximate surface area is 129 Å². The van der Waals surface area contributed by atoms with Gasteiger partial charge in [-0.15, -0.1) is 0 Å². The van der Waals surface area contributed by atoms with E-state index in [1.165, 1.54) is 5.16 Å². The van der Waals surface area contributed by atoms with Gasteiger partial charge in [0.1, 0.15) is 0 Å². The Kier molecular flexibility index (Phi) is 6.00. The van der Waals surface area contributed by atoms with Gasteiger partial charge in [-0.25, -0.2) is 0 Å². The summed E-state index contributed by atoms with van der Waals surface area (Å²) in [4.78, 5) is 0. The zero-order valence-electron chi connectivity index (χ0n) is 11.2. The van der Waals surface area contributed by atoms with E-state index in [1.54, 1.807) is 0 Å². The molecule has 0 bridgehead atoms. The van der Waals surface area contributed by atoms with Gasteiger partial charge in [-0.1, -0.05) is 5.16 Å². The van der Waals surface area contributed by atoms with Crippen molar-refractivity contribution in [3.63, 3.8) is 0 Å². The number of alkyl halides is 12. The fourth-order valence-electron chi connectivity index (χ4n) is 1.45. The lowest BCUT2D eigenvalue weighted by molar-refractivity contribution is -0.369. The summed E-state index contributed by atoms with van der Waals surface area (Å²) in [6.45, 7) is 0. The van der Waals surface area contributed by atoms with E-state index in [0.717, 1.165) is 0 Å². The second-order valence-corrected chi connectivity index (χ2v) is 4.73. The minimum absolute atomic E-state index is 1.51. The summed E-state index contributed by atoms with van der Waals surface area (Å²) < 4.78 is 149. The topological polar surface area (TPSA) is 73.1 Å². The molecule has 0 aromatic rings. The van der Waals surface area contributed by atoms with Crippen LogP contribution in [-0.4, -0.2) is 57.0 Å². The largest absolute Gasteiger partial charge is 0.426 e. The lowest BCUT2D eigenvalue weighted by Gasteiger charge is -2.35. The van der Waals surface area contributed by atoms with E-state index in [2.05, 4.69) is 0 Å². The molecule has 0 heterocycles. The maximum atomic E-state index is 12.4. The van der Waals surface area contributed by atoms with Crippen LogP contribution in [0.4, 0.5) is 52.7 Å². The SMILES string of the molecule is ON=C(CC(O)(C(F)(F)F)C(F)(F)F)CC(O)(C(F)(F)F)C(F)(F)F. The molecule has 0 unspecified atom stereocenters. The van der Waals surface area contributed by atoms with E-state index in [1.807, 2.05) is 0 Å². The van der Waals surface area contributed by atoms with Gasteiger partial charge >= 0.3 is 24.7 Å². The molecule has 0 aliphatic heterocycles. The Morgan fingerprint density at radius 1 is 0.560 bits per heavy atom. The van der Waals surface area contributed by atoms with Gasteiger partial charge in [0.15, 0.2) is 0 Å². The van der Waals surface area contributed by atoms with Crippen molar-refractivity contribution >= 4 is 5.71 Å². The van der Waals surface area contributed by atoms with Gasteiger partial charge in [0, 0.05) is 12.8 Å². The second-order valence-electron chi connectivity index (χ2n) is 4.73. The van der Waals surface area contributed by atoms with Crippen LogP contribution in [0.3, 0.4) is 0 Å². The van der Waals surface area contributed by atoms with Crippen LogP contribution < -0.4 is 0 Å². The highest BCUT2D eigenvalue weighted by Crippen LogP contribution is 2.49. The van der Waals surface area contributed by atoms with Crippen molar-refractivity contribution in [1.29, 1.82) is 0 Å².